The van der Waals surface area contributed by atoms with Gasteiger partial charge in [-0.05, 0) is 78.8 Å². The average molecular weight is 520 g/mol. The molecule has 0 fully saturated rings. The van der Waals surface area contributed by atoms with Crippen molar-refractivity contribution in [2.24, 2.45) is 0 Å². The molecule has 41 heavy (non-hydrogen) atoms. The van der Waals surface area contributed by atoms with E-state index in [1.807, 2.05) is 0 Å². The second-order valence-corrected chi connectivity index (χ2v) is 10.9. The minimum Gasteiger partial charge on any atom is -0.309 e. The van der Waals surface area contributed by atoms with Crippen molar-refractivity contribution >= 4 is 81.7 Å². The molecule has 0 atom stereocenters. The van der Waals surface area contributed by atoms with Gasteiger partial charge in [0.2, 0.25) is 0 Å². The lowest BCUT2D eigenvalue weighted by Crippen LogP contribution is -2.11. The Bertz CT molecular complexity index is 2370. The third kappa shape index (κ3) is 3.12. The fourth-order valence-corrected chi connectivity index (χ4v) is 7.11. The van der Waals surface area contributed by atoms with Crippen LogP contribution in [0.4, 0.5) is 17.1 Å². The van der Waals surface area contributed by atoms with Crippen LogP contribution in [0.25, 0.3) is 64.6 Å². The number of fused-ring (bicyclic) bond motifs is 6. The van der Waals surface area contributed by atoms with Crippen molar-refractivity contribution in [3.63, 3.8) is 0 Å². The number of anilines is 3. The zero-order valence-corrected chi connectivity index (χ0v) is 22.4. The van der Waals surface area contributed by atoms with Gasteiger partial charge in [-0.25, -0.2) is 0 Å². The minimum atomic E-state index is 1.15. The Morgan fingerprint density at radius 2 is 0.756 bits per heavy atom. The first-order valence-electron chi connectivity index (χ1n) is 14.2. The number of hydrogen-bond donors (Lipinski definition) is 0. The first-order chi connectivity index (χ1) is 20.4. The summed E-state index contributed by atoms with van der Waals surface area (Å²) in [4.78, 5) is 2.43. The Morgan fingerprint density at radius 1 is 0.293 bits per heavy atom. The lowest BCUT2D eigenvalue weighted by molar-refractivity contribution is 1.31. The summed E-state index contributed by atoms with van der Waals surface area (Å²) in [6.07, 6.45) is 0. The van der Waals surface area contributed by atoms with E-state index < -0.39 is 0 Å². The SMILES string of the molecule is c1ccc(N(c2ccccc2)c2c3ccccc3c3c4cccc5cc6ccccc6c(c6cccc2c63)c54)cc1. The van der Waals surface area contributed by atoms with Crippen molar-refractivity contribution in [1.29, 1.82) is 0 Å². The second-order valence-electron chi connectivity index (χ2n) is 10.9. The molecule has 0 amide bonds. The topological polar surface area (TPSA) is 3.24 Å². The highest BCUT2D eigenvalue weighted by atomic mass is 15.1. The lowest BCUT2D eigenvalue weighted by atomic mass is 9.84. The van der Waals surface area contributed by atoms with Crippen LogP contribution in [0.15, 0.2) is 152 Å². The molecule has 0 N–H and O–H groups in total. The van der Waals surface area contributed by atoms with E-state index >= 15 is 0 Å². The van der Waals surface area contributed by atoms with Crippen molar-refractivity contribution in [1.82, 2.24) is 0 Å². The Morgan fingerprint density at radius 3 is 1.49 bits per heavy atom. The van der Waals surface area contributed by atoms with E-state index in [-0.39, 0.29) is 0 Å². The van der Waals surface area contributed by atoms with Crippen LogP contribution < -0.4 is 4.90 Å². The van der Waals surface area contributed by atoms with Crippen LogP contribution in [0.2, 0.25) is 0 Å². The monoisotopic (exact) mass is 519 g/mol. The Labute approximate surface area is 237 Å². The largest absolute Gasteiger partial charge is 0.309 e. The highest BCUT2D eigenvalue weighted by Gasteiger charge is 2.24. The van der Waals surface area contributed by atoms with Gasteiger partial charge < -0.3 is 4.90 Å². The van der Waals surface area contributed by atoms with Crippen molar-refractivity contribution < 1.29 is 0 Å². The van der Waals surface area contributed by atoms with Gasteiger partial charge in [-0.3, -0.25) is 0 Å². The molecule has 0 saturated carbocycles. The van der Waals surface area contributed by atoms with Crippen molar-refractivity contribution in [3.8, 4) is 0 Å². The van der Waals surface area contributed by atoms with Crippen molar-refractivity contribution in [3.05, 3.63) is 152 Å². The maximum absolute atomic E-state index is 2.43. The normalized spacial score (nSPS) is 11.9. The molecule has 1 heteroatoms. The molecule has 0 aliphatic rings. The molecule has 0 radical (unpaired) electrons. The predicted molar refractivity (Wildman–Crippen MR) is 177 cm³/mol. The highest BCUT2D eigenvalue weighted by molar-refractivity contribution is 6.43. The molecule has 190 valence electrons. The number of para-hydroxylation sites is 2. The van der Waals surface area contributed by atoms with Gasteiger partial charge in [0.1, 0.15) is 0 Å². The molecule has 0 aliphatic carbocycles. The van der Waals surface area contributed by atoms with Crippen molar-refractivity contribution in [2.75, 3.05) is 4.90 Å². The molecule has 0 unspecified atom stereocenters. The van der Waals surface area contributed by atoms with Crippen LogP contribution >= 0.6 is 0 Å². The van der Waals surface area contributed by atoms with Crippen LogP contribution in [0.1, 0.15) is 0 Å². The summed E-state index contributed by atoms with van der Waals surface area (Å²) in [5.41, 5.74) is 3.51. The first kappa shape index (κ1) is 22.4. The number of hydrogen-bond acceptors (Lipinski definition) is 1. The van der Waals surface area contributed by atoms with Gasteiger partial charge in [0.25, 0.3) is 0 Å². The van der Waals surface area contributed by atoms with Crippen LogP contribution in [0.5, 0.6) is 0 Å². The van der Waals surface area contributed by atoms with Crippen LogP contribution in [0, 0.1) is 0 Å². The zero-order chi connectivity index (χ0) is 26.9. The maximum atomic E-state index is 2.43. The molecular weight excluding hydrogens is 494 g/mol. The van der Waals surface area contributed by atoms with Crippen molar-refractivity contribution in [2.45, 2.75) is 0 Å². The molecule has 9 aromatic carbocycles. The average Bonchev–Trinajstić information content (AvgIpc) is 3.04. The molecule has 9 rings (SSSR count). The number of rotatable bonds is 3. The zero-order valence-electron chi connectivity index (χ0n) is 22.4. The summed E-state index contributed by atoms with van der Waals surface area (Å²) >= 11 is 0. The second kappa shape index (κ2) is 8.55. The maximum Gasteiger partial charge on any atom is 0.0619 e. The molecular formula is C40H25N. The molecule has 0 aromatic heterocycles. The first-order valence-corrected chi connectivity index (χ1v) is 14.2. The standard InChI is InChI=1S/C40H25N/c1-3-15-28(16-4-1)41(29-17-5-2-6-18-29)40-32-21-10-9-20-31(32)38-33-22-11-14-27-25-26-13-7-8-19-30(26)37(36(27)33)34-23-12-24-35(40)39(34)38/h1-25H. The molecule has 0 saturated heterocycles. The molecule has 9 aromatic rings. The van der Waals surface area contributed by atoms with Crippen LogP contribution in [0.3, 0.4) is 0 Å². The van der Waals surface area contributed by atoms with Gasteiger partial charge in [-0.15, -0.1) is 0 Å². The molecule has 0 aliphatic heterocycles. The smallest absolute Gasteiger partial charge is 0.0619 e. The van der Waals surface area contributed by atoms with Crippen LogP contribution in [-0.4, -0.2) is 0 Å². The lowest BCUT2D eigenvalue weighted by Gasteiger charge is -2.29. The number of nitrogens with zero attached hydrogens (tertiary/aromatic N) is 1. The van der Waals surface area contributed by atoms with Gasteiger partial charge in [-0.2, -0.15) is 0 Å². The molecule has 0 heterocycles. The van der Waals surface area contributed by atoms with E-state index in [4.69, 9.17) is 0 Å². The third-order valence-corrected chi connectivity index (χ3v) is 8.70. The Balaban J connectivity index is 1.58. The van der Waals surface area contributed by atoms with Gasteiger partial charge in [0.05, 0.1) is 5.69 Å². The quantitative estimate of drug-likeness (QED) is 0.166. The Hall–Kier alpha value is -5.40. The molecule has 1 nitrogen and oxygen atoms in total. The van der Waals surface area contributed by atoms with E-state index in [0.717, 1.165) is 11.4 Å². The van der Waals surface area contributed by atoms with E-state index in [0.29, 0.717) is 0 Å². The van der Waals surface area contributed by atoms with E-state index in [9.17, 15) is 0 Å². The summed E-state index contributed by atoms with van der Waals surface area (Å²) in [5.74, 6) is 0. The van der Waals surface area contributed by atoms with Gasteiger partial charge in [-0.1, -0.05) is 121 Å². The van der Waals surface area contributed by atoms with Crippen LogP contribution in [-0.2, 0) is 0 Å². The third-order valence-electron chi connectivity index (χ3n) is 8.70. The summed E-state index contributed by atoms with van der Waals surface area (Å²) < 4.78 is 0. The molecule has 0 bridgehead atoms. The fourth-order valence-electron chi connectivity index (χ4n) is 7.11. The number of benzene rings is 9. The summed E-state index contributed by atoms with van der Waals surface area (Å²) in [5, 5.41) is 15.7. The van der Waals surface area contributed by atoms with E-state index in [1.165, 1.54) is 70.3 Å². The van der Waals surface area contributed by atoms with Gasteiger partial charge in [0.15, 0.2) is 0 Å². The van der Waals surface area contributed by atoms with E-state index in [1.54, 1.807) is 0 Å². The minimum absolute atomic E-state index is 1.15. The summed E-state index contributed by atoms with van der Waals surface area (Å²) in [6.45, 7) is 0. The fraction of sp³-hybridized carbons (Fsp3) is 0. The van der Waals surface area contributed by atoms with Gasteiger partial charge >= 0.3 is 0 Å². The molecule has 0 spiro atoms. The van der Waals surface area contributed by atoms with E-state index in [2.05, 4.69) is 157 Å². The summed E-state index contributed by atoms with van der Waals surface area (Å²) in [7, 11) is 0. The predicted octanol–water partition coefficient (Wildman–Crippen LogP) is 11.5. The highest BCUT2D eigenvalue weighted by Crippen LogP contribution is 2.51. The van der Waals surface area contributed by atoms with Gasteiger partial charge in [0, 0.05) is 27.5 Å². The summed E-state index contributed by atoms with van der Waals surface area (Å²) in [6, 6.07) is 55.4. The Kier molecular flexibility index (Phi) is 4.67.